The van der Waals surface area contributed by atoms with Gasteiger partial charge in [0.05, 0.1) is 0 Å². The number of rotatable bonds is 1. The number of nitrogens with zero attached hydrogens (tertiary/aromatic N) is 2. The average Bonchev–Trinajstić information content (AvgIpc) is 2.74. The molecule has 0 aliphatic carbocycles. The van der Waals surface area contributed by atoms with Gasteiger partial charge < -0.3 is 10.3 Å². The molecule has 0 unspecified atom stereocenters. The number of fused-ring (bicyclic) bond motifs is 1. The monoisotopic (exact) mass is 213 g/mol. The fourth-order valence-corrected chi connectivity index (χ4v) is 2.35. The molecule has 1 aliphatic rings. The molecular weight excluding hydrogens is 198 g/mol. The summed E-state index contributed by atoms with van der Waals surface area (Å²) in [6, 6.07) is 7.94. The molecule has 82 valence electrons. The minimum absolute atomic E-state index is 0.807. The molecule has 0 atom stereocenters. The van der Waals surface area contributed by atoms with Crippen LogP contribution in [0, 0.1) is 0 Å². The van der Waals surface area contributed by atoms with Crippen LogP contribution in [0.3, 0.4) is 0 Å². The van der Waals surface area contributed by atoms with E-state index in [1.807, 2.05) is 30.5 Å². The number of hydrogen-bond acceptors (Lipinski definition) is 2. The molecule has 1 aromatic carbocycles. The highest BCUT2D eigenvalue weighted by Gasteiger charge is 2.16. The number of imidazole rings is 1. The Morgan fingerprint density at radius 3 is 2.94 bits per heavy atom. The molecule has 2 heterocycles. The zero-order valence-electron chi connectivity index (χ0n) is 9.19. The van der Waals surface area contributed by atoms with Gasteiger partial charge in [-0.05, 0) is 31.4 Å². The summed E-state index contributed by atoms with van der Waals surface area (Å²) in [4.78, 5) is 4.51. The van der Waals surface area contributed by atoms with Crippen LogP contribution in [-0.2, 0) is 13.0 Å². The Hall–Kier alpha value is -1.77. The van der Waals surface area contributed by atoms with E-state index in [2.05, 4.69) is 9.55 Å². The van der Waals surface area contributed by atoms with Crippen molar-refractivity contribution in [3.05, 3.63) is 36.2 Å². The lowest BCUT2D eigenvalue weighted by atomic mass is 10.1. The Kier molecular flexibility index (Phi) is 2.17. The van der Waals surface area contributed by atoms with Crippen LogP contribution in [0.1, 0.15) is 18.5 Å². The van der Waals surface area contributed by atoms with Crippen molar-refractivity contribution >= 4 is 5.69 Å². The molecule has 3 rings (SSSR count). The Morgan fingerprint density at radius 1 is 1.19 bits per heavy atom. The van der Waals surface area contributed by atoms with Crippen molar-refractivity contribution in [2.24, 2.45) is 0 Å². The molecule has 16 heavy (non-hydrogen) atoms. The largest absolute Gasteiger partial charge is 0.398 e. The standard InChI is InChI=1S/C13H15N3/c14-12-7-2-1-6-11(12)13-15-9-10-5-3-4-8-16(10)13/h1-2,6-7,9H,3-5,8,14H2. The molecule has 0 fully saturated rings. The summed E-state index contributed by atoms with van der Waals surface area (Å²) >= 11 is 0. The van der Waals surface area contributed by atoms with Crippen LogP contribution < -0.4 is 5.73 Å². The van der Waals surface area contributed by atoms with E-state index in [4.69, 9.17) is 5.73 Å². The van der Waals surface area contributed by atoms with Crippen molar-refractivity contribution in [2.75, 3.05) is 5.73 Å². The molecule has 0 spiro atoms. The van der Waals surface area contributed by atoms with Crippen molar-refractivity contribution in [2.45, 2.75) is 25.8 Å². The van der Waals surface area contributed by atoms with Crippen LogP contribution in [0.15, 0.2) is 30.5 Å². The first-order chi connectivity index (χ1) is 7.86. The Labute approximate surface area is 94.9 Å². The Bertz CT molecular complexity index is 514. The highest BCUT2D eigenvalue weighted by molar-refractivity contribution is 5.71. The maximum absolute atomic E-state index is 5.99. The number of para-hydroxylation sites is 1. The van der Waals surface area contributed by atoms with E-state index in [0.717, 1.165) is 30.0 Å². The fourth-order valence-electron chi connectivity index (χ4n) is 2.35. The molecule has 1 aliphatic heterocycles. The molecule has 0 amide bonds. The third kappa shape index (κ3) is 1.40. The van der Waals surface area contributed by atoms with Crippen LogP contribution in [-0.4, -0.2) is 9.55 Å². The van der Waals surface area contributed by atoms with Gasteiger partial charge in [0.2, 0.25) is 0 Å². The van der Waals surface area contributed by atoms with E-state index in [9.17, 15) is 0 Å². The third-order valence-electron chi connectivity index (χ3n) is 3.20. The van der Waals surface area contributed by atoms with E-state index in [-0.39, 0.29) is 0 Å². The number of aromatic nitrogens is 2. The molecule has 0 radical (unpaired) electrons. The lowest BCUT2D eigenvalue weighted by Crippen LogP contribution is -2.11. The lowest BCUT2D eigenvalue weighted by molar-refractivity contribution is 0.536. The van der Waals surface area contributed by atoms with Crippen LogP contribution >= 0.6 is 0 Å². The van der Waals surface area contributed by atoms with Gasteiger partial charge in [-0.1, -0.05) is 12.1 Å². The molecule has 3 nitrogen and oxygen atoms in total. The van der Waals surface area contributed by atoms with E-state index < -0.39 is 0 Å². The van der Waals surface area contributed by atoms with Gasteiger partial charge in [0.1, 0.15) is 5.82 Å². The van der Waals surface area contributed by atoms with Gasteiger partial charge >= 0.3 is 0 Å². The predicted octanol–water partition coefficient (Wildman–Crippen LogP) is 2.47. The van der Waals surface area contributed by atoms with Gasteiger partial charge in [0.25, 0.3) is 0 Å². The van der Waals surface area contributed by atoms with Crippen LogP contribution in [0.25, 0.3) is 11.4 Å². The maximum Gasteiger partial charge on any atom is 0.142 e. The molecule has 3 heteroatoms. The van der Waals surface area contributed by atoms with Gasteiger partial charge in [-0.3, -0.25) is 0 Å². The number of anilines is 1. The number of hydrogen-bond donors (Lipinski definition) is 1. The summed E-state index contributed by atoms with van der Waals surface area (Å²) in [5.41, 5.74) is 9.19. The Morgan fingerprint density at radius 2 is 2.06 bits per heavy atom. The molecule has 1 aromatic heterocycles. The van der Waals surface area contributed by atoms with E-state index >= 15 is 0 Å². The molecule has 0 saturated heterocycles. The smallest absolute Gasteiger partial charge is 0.142 e. The summed E-state index contributed by atoms with van der Waals surface area (Å²) in [6.07, 6.45) is 5.64. The van der Waals surface area contributed by atoms with Gasteiger partial charge in [0, 0.05) is 29.7 Å². The second kappa shape index (κ2) is 3.67. The summed E-state index contributed by atoms with van der Waals surface area (Å²) in [6.45, 7) is 1.07. The zero-order valence-corrected chi connectivity index (χ0v) is 9.19. The molecule has 2 N–H and O–H groups in total. The first-order valence-electron chi connectivity index (χ1n) is 5.75. The van der Waals surface area contributed by atoms with Crippen molar-refractivity contribution < 1.29 is 0 Å². The quantitative estimate of drug-likeness (QED) is 0.739. The maximum atomic E-state index is 5.99. The second-order valence-electron chi connectivity index (χ2n) is 4.27. The summed E-state index contributed by atoms with van der Waals surface area (Å²) in [7, 11) is 0. The number of benzene rings is 1. The first-order valence-corrected chi connectivity index (χ1v) is 5.75. The van der Waals surface area contributed by atoms with Crippen molar-refractivity contribution in [3.63, 3.8) is 0 Å². The van der Waals surface area contributed by atoms with Crippen molar-refractivity contribution in [3.8, 4) is 11.4 Å². The normalized spacial score (nSPS) is 14.8. The number of nitrogen functional groups attached to an aromatic ring is 1. The second-order valence-corrected chi connectivity index (χ2v) is 4.27. The Balaban J connectivity index is 2.13. The molecule has 0 saturated carbocycles. The van der Waals surface area contributed by atoms with Crippen LogP contribution in [0.4, 0.5) is 5.69 Å². The fraction of sp³-hybridized carbons (Fsp3) is 0.308. The minimum atomic E-state index is 0.807. The van der Waals surface area contributed by atoms with Gasteiger partial charge in [-0.15, -0.1) is 0 Å². The lowest BCUT2D eigenvalue weighted by Gasteiger charge is -2.17. The molecule has 2 aromatic rings. The third-order valence-corrected chi connectivity index (χ3v) is 3.20. The van der Waals surface area contributed by atoms with E-state index in [1.165, 1.54) is 18.5 Å². The SMILES string of the molecule is Nc1ccccc1-c1ncc2n1CCCC2. The van der Waals surface area contributed by atoms with Crippen LogP contribution in [0.5, 0.6) is 0 Å². The van der Waals surface area contributed by atoms with Gasteiger partial charge in [-0.2, -0.15) is 0 Å². The number of aryl methyl sites for hydroxylation is 1. The van der Waals surface area contributed by atoms with Gasteiger partial charge in [0.15, 0.2) is 0 Å². The van der Waals surface area contributed by atoms with E-state index in [0.29, 0.717) is 0 Å². The number of nitrogens with two attached hydrogens (primary N) is 1. The summed E-state index contributed by atoms with van der Waals surface area (Å²) in [5, 5.41) is 0. The minimum Gasteiger partial charge on any atom is -0.398 e. The van der Waals surface area contributed by atoms with Crippen molar-refractivity contribution in [1.29, 1.82) is 0 Å². The topological polar surface area (TPSA) is 43.8 Å². The first kappa shape index (κ1) is 9.46. The van der Waals surface area contributed by atoms with Crippen LogP contribution in [0.2, 0.25) is 0 Å². The summed E-state index contributed by atoms with van der Waals surface area (Å²) in [5.74, 6) is 1.02. The van der Waals surface area contributed by atoms with Gasteiger partial charge in [-0.25, -0.2) is 4.98 Å². The molecule has 0 bridgehead atoms. The average molecular weight is 213 g/mol. The summed E-state index contributed by atoms with van der Waals surface area (Å²) < 4.78 is 2.30. The van der Waals surface area contributed by atoms with E-state index in [1.54, 1.807) is 0 Å². The van der Waals surface area contributed by atoms with Crippen molar-refractivity contribution in [1.82, 2.24) is 9.55 Å². The zero-order chi connectivity index (χ0) is 11.0. The predicted molar refractivity (Wildman–Crippen MR) is 65.0 cm³/mol. The highest BCUT2D eigenvalue weighted by Crippen LogP contribution is 2.28. The highest BCUT2D eigenvalue weighted by atomic mass is 15.1. The molecular formula is C13H15N3.